The molecule has 1 N–H and O–H groups in total. The summed E-state index contributed by atoms with van der Waals surface area (Å²) >= 11 is 0. The third kappa shape index (κ3) is 5.25. The molecule has 1 heterocycles. The number of amides is 1. The first-order valence-corrected chi connectivity index (χ1v) is 8.96. The van der Waals surface area contributed by atoms with Gasteiger partial charge in [0.2, 0.25) is 5.91 Å². The smallest absolute Gasteiger partial charge is 0.406 e. The fraction of sp³-hybridized carbons (Fsp3) is 0.190. The molecule has 0 spiro atoms. The average Bonchev–Trinajstić information content (AvgIpc) is 2.69. The molecule has 0 saturated carbocycles. The fourth-order valence-electron chi connectivity index (χ4n) is 2.68. The van der Waals surface area contributed by atoms with Gasteiger partial charge in [-0.15, -0.1) is 13.2 Å². The summed E-state index contributed by atoms with van der Waals surface area (Å²) < 4.78 is 41.5. The molecule has 6 nitrogen and oxygen atoms in total. The van der Waals surface area contributed by atoms with Crippen LogP contribution in [0.2, 0.25) is 0 Å². The van der Waals surface area contributed by atoms with Crippen molar-refractivity contribution in [2.45, 2.75) is 26.3 Å². The maximum Gasteiger partial charge on any atom is 0.573 e. The number of aryl methyl sites for hydroxylation is 1. The highest BCUT2D eigenvalue weighted by Crippen LogP contribution is 2.24. The van der Waals surface area contributed by atoms with Crippen LogP contribution in [0.1, 0.15) is 18.5 Å². The lowest BCUT2D eigenvalue weighted by atomic mass is 10.1. The molecule has 156 valence electrons. The van der Waals surface area contributed by atoms with Crippen molar-refractivity contribution in [1.29, 1.82) is 0 Å². The number of ether oxygens (including phenoxy) is 1. The zero-order chi connectivity index (χ0) is 21.9. The van der Waals surface area contributed by atoms with Gasteiger partial charge in [-0.1, -0.05) is 29.8 Å². The quantitative estimate of drug-likeness (QED) is 0.671. The second-order valence-corrected chi connectivity index (χ2v) is 6.60. The Bertz CT molecular complexity index is 1090. The second-order valence-electron chi connectivity index (χ2n) is 6.60. The van der Waals surface area contributed by atoms with Gasteiger partial charge in [0.05, 0.1) is 5.69 Å². The minimum atomic E-state index is -4.80. The molecule has 0 aliphatic rings. The van der Waals surface area contributed by atoms with E-state index in [0.29, 0.717) is 5.69 Å². The Kier molecular flexibility index (Phi) is 5.91. The number of aromatic nitrogens is 2. The lowest BCUT2D eigenvalue weighted by molar-refractivity contribution is -0.274. The van der Waals surface area contributed by atoms with E-state index in [-0.39, 0.29) is 5.69 Å². The molecule has 3 aromatic rings. The number of hydrogen-bond donors (Lipinski definition) is 1. The standard InChI is InChI=1S/C21H18F3N3O3/c1-13-3-5-15(6-4-13)18-11-12-19(28)27(26-18)14(2)20(29)25-16-7-9-17(10-8-16)30-21(22,23)24/h3-12,14H,1-2H3,(H,25,29). The zero-order valence-electron chi connectivity index (χ0n) is 16.1. The van der Waals surface area contributed by atoms with E-state index < -0.39 is 29.6 Å². The van der Waals surface area contributed by atoms with Crippen molar-refractivity contribution in [3.63, 3.8) is 0 Å². The first-order valence-electron chi connectivity index (χ1n) is 8.96. The molecule has 30 heavy (non-hydrogen) atoms. The third-order valence-electron chi connectivity index (χ3n) is 4.27. The highest BCUT2D eigenvalue weighted by molar-refractivity contribution is 5.93. The normalized spacial score (nSPS) is 12.3. The zero-order valence-corrected chi connectivity index (χ0v) is 16.1. The summed E-state index contributed by atoms with van der Waals surface area (Å²) in [5.41, 5.74) is 2.20. The van der Waals surface area contributed by atoms with Crippen LogP contribution in [0.3, 0.4) is 0 Å². The monoisotopic (exact) mass is 417 g/mol. The molecular formula is C21H18F3N3O3. The lowest BCUT2D eigenvalue weighted by Gasteiger charge is -2.15. The van der Waals surface area contributed by atoms with Crippen LogP contribution in [0, 0.1) is 6.92 Å². The molecule has 1 aromatic heterocycles. The summed E-state index contributed by atoms with van der Waals surface area (Å²) in [5, 5.41) is 6.84. The molecule has 1 unspecified atom stereocenters. The summed E-state index contributed by atoms with van der Waals surface area (Å²) in [7, 11) is 0. The highest BCUT2D eigenvalue weighted by Gasteiger charge is 2.31. The van der Waals surface area contributed by atoms with E-state index in [9.17, 15) is 22.8 Å². The van der Waals surface area contributed by atoms with Crippen LogP contribution in [-0.2, 0) is 4.79 Å². The molecule has 1 atom stereocenters. The van der Waals surface area contributed by atoms with Gasteiger partial charge in [-0.2, -0.15) is 5.10 Å². The molecule has 2 aromatic carbocycles. The van der Waals surface area contributed by atoms with E-state index in [2.05, 4.69) is 15.2 Å². The number of halogens is 3. The number of alkyl halides is 3. The van der Waals surface area contributed by atoms with E-state index in [1.807, 2.05) is 31.2 Å². The molecule has 0 saturated heterocycles. The van der Waals surface area contributed by atoms with Crippen molar-refractivity contribution in [2.75, 3.05) is 5.32 Å². The minimum Gasteiger partial charge on any atom is -0.406 e. The molecule has 0 fully saturated rings. The summed E-state index contributed by atoms with van der Waals surface area (Å²) in [4.78, 5) is 24.8. The average molecular weight is 417 g/mol. The van der Waals surface area contributed by atoms with Gasteiger partial charge in [0.1, 0.15) is 11.8 Å². The minimum absolute atomic E-state index is 0.254. The Labute approximate surface area is 169 Å². The first-order chi connectivity index (χ1) is 14.1. The van der Waals surface area contributed by atoms with E-state index in [0.717, 1.165) is 27.9 Å². The van der Waals surface area contributed by atoms with Crippen LogP contribution in [0.25, 0.3) is 11.3 Å². The number of carbonyl (C=O) groups is 1. The number of nitrogens with zero attached hydrogens (tertiary/aromatic N) is 2. The number of benzene rings is 2. The van der Waals surface area contributed by atoms with Crippen molar-refractivity contribution < 1.29 is 22.7 Å². The van der Waals surface area contributed by atoms with Crippen LogP contribution >= 0.6 is 0 Å². The molecule has 0 radical (unpaired) electrons. The van der Waals surface area contributed by atoms with Gasteiger partial charge in [0.25, 0.3) is 5.56 Å². The SMILES string of the molecule is Cc1ccc(-c2ccc(=O)n(C(C)C(=O)Nc3ccc(OC(F)(F)F)cc3)n2)cc1. The van der Waals surface area contributed by atoms with Gasteiger partial charge in [-0.05, 0) is 44.2 Å². The Balaban J connectivity index is 1.76. The summed E-state index contributed by atoms with van der Waals surface area (Å²) in [6, 6.07) is 14.2. The molecule has 9 heteroatoms. The van der Waals surface area contributed by atoms with E-state index in [1.54, 1.807) is 6.07 Å². The first kappa shape index (κ1) is 21.1. The van der Waals surface area contributed by atoms with Gasteiger partial charge in [0, 0.05) is 17.3 Å². The van der Waals surface area contributed by atoms with Gasteiger partial charge in [-0.3, -0.25) is 9.59 Å². The Morgan fingerprint density at radius 1 is 1.03 bits per heavy atom. The van der Waals surface area contributed by atoms with Gasteiger partial charge < -0.3 is 10.1 Å². The Morgan fingerprint density at radius 2 is 1.67 bits per heavy atom. The van der Waals surface area contributed by atoms with Crippen molar-refractivity contribution in [3.05, 3.63) is 76.6 Å². The number of hydrogen-bond acceptors (Lipinski definition) is 4. The largest absolute Gasteiger partial charge is 0.573 e. The number of nitrogens with one attached hydrogen (secondary N) is 1. The number of anilines is 1. The summed E-state index contributed by atoms with van der Waals surface area (Å²) in [6.07, 6.45) is -4.80. The predicted molar refractivity (Wildman–Crippen MR) is 105 cm³/mol. The van der Waals surface area contributed by atoms with E-state index >= 15 is 0 Å². The van der Waals surface area contributed by atoms with Crippen molar-refractivity contribution in [3.8, 4) is 17.0 Å². The van der Waals surface area contributed by atoms with E-state index in [1.165, 1.54) is 25.1 Å². The van der Waals surface area contributed by atoms with Crippen LogP contribution < -0.4 is 15.6 Å². The number of carbonyl (C=O) groups excluding carboxylic acids is 1. The lowest BCUT2D eigenvalue weighted by Crippen LogP contribution is -2.33. The summed E-state index contributed by atoms with van der Waals surface area (Å²) in [6.45, 7) is 3.45. The maximum absolute atomic E-state index is 12.5. The maximum atomic E-state index is 12.5. The molecular weight excluding hydrogens is 399 g/mol. The molecule has 0 aliphatic carbocycles. The van der Waals surface area contributed by atoms with Crippen LogP contribution in [0.15, 0.2) is 65.5 Å². The molecule has 0 aliphatic heterocycles. The van der Waals surface area contributed by atoms with Gasteiger partial charge in [0.15, 0.2) is 0 Å². The highest BCUT2D eigenvalue weighted by atomic mass is 19.4. The van der Waals surface area contributed by atoms with E-state index in [4.69, 9.17) is 0 Å². The second kappa shape index (κ2) is 8.40. The van der Waals surface area contributed by atoms with Crippen LogP contribution in [0.5, 0.6) is 5.75 Å². The molecule has 0 bridgehead atoms. The van der Waals surface area contributed by atoms with Crippen LogP contribution in [0.4, 0.5) is 18.9 Å². The van der Waals surface area contributed by atoms with Crippen molar-refractivity contribution in [2.24, 2.45) is 0 Å². The van der Waals surface area contributed by atoms with Gasteiger partial charge in [-0.25, -0.2) is 4.68 Å². The van der Waals surface area contributed by atoms with Crippen molar-refractivity contribution >= 4 is 11.6 Å². The van der Waals surface area contributed by atoms with Gasteiger partial charge >= 0.3 is 6.36 Å². The van der Waals surface area contributed by atoms with Crippen molar-refractivity contribution in [1.82, 2.24) is 9.78 Å². The fourth-order valence-corrected chi connectivity index (χ4v) is 2.68. The third-order valence-corrected chi connectivity index (χ3v) is 4.27. The van der Waals surface area contributed by atoms with Crippen LogP contribution in [-0.4, -0.2) is 22.1 Å². The number of rotatable bonds is 5. The Hall–Kier alpha value is -3.62. The molecule has 1 amide bonds. The predicted octanol–water partition coefficient (Wildman–Crippen LogP) is 4.32. The molecule has 3 rings (SSSR count). The Morgan fingerprint density at radius 3 is 2.27 bits per heavy atom. The topological polar surface area (TPSA) is 73.2 Å². The summed E-state index contributed by atoms with van der Waals surface area (Å²) in [5.74, 6) is -0.952.